The van der Waals surface area contributed by atoms with E-state index < -0.39 is 6.10 Å². The van der Waals surface area contributed by atoms with E-state index in [1.54, 1.807) is 11.9 Å². The number of aliphatic hydroxyl groups excluding tert-OH is 2. The molecule has 0 bridgehead atoms. The van der Waals surface area contributed by atoms with Gasteiger partial charge in [0, 0.05) is 19.6 Å². The minimum absolute atomic E-state index is 0.0702. The van der Waals surface area contributed by atoms with Crippen LogP contribution < -0.4 is 0 Å². The second kappa shape index (κ2) is 18.4. The first-order chi connectivity index (χ1) is 13.3. The largest absolute Gasteiger partial charge is 0.448 e. The molecule has 1 saturated heterocycles. The Balaban J connectivity index is 0. The van der Waals surface area contributed by atoms with Crippen molar-refractivity contribution in [3.05, 3.63) is 35.9 Å². The highest BCUT2D eigenvalue weighted by Gasteiger charge is 2.21. The van der Waals surface area contributed by atoms with Crippen LogP contribution in [-0.4, -0.2) is 60.4 Å². The Labute approximate surface area is 170 Å². The summed E-state index contributed by atoms with van der Waals surface area (Å²) >= 11 is 0. The monoisotopic (exact) mass is 397 g/mol. The van der Waals surface area contributed by atoms with Crippen LogP contribution in [0.5, 0.6) is 0 Å². The molecule has 162 valence electrons. The molecule has 2 unspecified atom stereocenters. The third-order valence-corrected chi connectivity index (χ3v) is 3.93. The summed E-state index contributed by atoms with van der Waals surface area (Å²) in [4.78, 5) is 22.3. The predicted molar refractivity (Wildman–Crippen MR) is 113 cm³/mol. The number of cyclic esters (lactones) is 1. The molecule has 6 heteroatoms. The van der Waals surface area contributed by atoms with Crippen LogP contribution in [0.3, 0.4) is 0 Å². The van der Waals surface area contributed by atoms with Gasteiger partial charge in [-0.25, -0.2) is 4.79 Å². The summed E-state index contributed by atoms with van der Waals surface area (Å²) in [6, 6.07) is 10.3. The first kappa shape index (κ1) is 28.3. The van der Waals surface area contributed by atoms with Gasteiger partial charge in [-0.1, -0.05) is 63.6 Å². The number of aryl methyl sites for hydroxylation is 1. The number of rotatable bonds is 6. The molecule has 1 aliphatic heterocycles. The van der Waals surface area contributed by atoms with Crippen molar-refractivity contribution in [2.75, 3.05) is 26.8 Å². The number of carbonyl (C=O) groups excluding carboxylic acids is 2. The van der Waals surface area contributed by atoms with E-state index in [4.69, 9.17) is 5.11 Å². The van der Waals surface area contributed by atoms with E-state index in [1.165, 1.54) is 5.56 Å². The number of nitrogens with zero attached hydrogens (tertiary/aromatic N) is 1. The van der Waals surface area contributed by atoms with Crippen LogP contribution in [0, 0.1) is 18.8 Å². The van der Waals surface area contributed by atoms with E-state index in [0.29, 0.717) is 19.4 Å². The van der Waals surface area contributed by atoms with E-state index in [9.17, 15) is 14.7 Å². The van der Waals surface area contributed by atoms with Gasteiger partial charge in [0.15, 0.2) is 0 Å². The maximum absolute atomic E-state index is 10.5. The molecule has 0 spiro atoms. The van der Waals surface area contributed by atoms with Crippen molar-refractivity contribution >= 4 is 12.4 Å². The summed E-state index contributed by atoms with van der Waals surface area (Å²) in [6.45, 7) is 11.2. The van der Waals surface area contributed by atoms with Crippen molar-refractivity contribution in [2.24, 2.45) is 11.8 Å². The van der Waals surface area contributed by atoms with Crippen LogP contribution in [-0.2, 0) is 9.53 Å². The minimum Gasteiger partial charge on any atom is -0.448 e. The maximum Gasteiger partial charge on any atom is 0.409 e. The smallest absolute Gasteiger partial charge is 0.409 e. The zero-order valence-electron chi connectivity index (χ0n) is 18.3. The van der Waals surface area contributed by atoms with Gasteiger partial charge in [0.25, 0.3) is 0 Å². The molecule has 1 aliphatic rings. The van der Waals surface area contributed by atoms with Gasteiger partial charge in [0.1, 0.15) is 12.9 Å². The number of aldehydes is 1. The van der Waals surface area contributed by atoms with Gasteiger partial charge in [-0.15, -0.1) is 0 Å². The van der Waals surface area contributed by atoms with Crippen LogP contribution in [0.4, 0.5) is 4.79 Å². The van der Waals surface area contributed by atoms with Gasteiger partial charge in [0.2, 0.25) is 0 Å². The van der Waals surface area contributed by atoms with Crippen molar-refractivity contribution < 1.29 is 24.5 Å². The van der Waals surface area contributed by atoms with Crippen LogP contribution in [0.1, 0.15) is 46.1 Å². The molecule has 2 rings (SSSR count). The summed E-state index contributed by atoms with van der Waals surface area (Å²) in [5, 5.41) is 18.0. The molecular weight excluding hydrogens is 358 g/mol. The Morgan fingerprint density at radius 1 is 1.21 bits per heavy atom. The van der Waals surface area contributed by atoms with Crippen molar-refractivity contribution in [2.45, 2.75) is 53.6 Å². The molecular formula is C22H39NO5. The molecule has 28 heavy (non-hydrogen) atoms. The van der Waals surface area contributed by atoms with Gasteiger partial charge in [-0.3, -0.25) is 0 Å². The lowest BCUT2D eigenvalue weighted by Gasteiger charge is -2.20. The summed E-state index contributed by atoms with van der Waals surface area (Å²) < 4.78 is 4.55. The topological polar surface area (TPSA) is 87.1 Å². The van der Waals surface area contributed by atoms with Crippen LogP contribution in [0.15, 0.2) is 30.3 Å². The first-order valence-electron chi connectivity index (χ1n) is 9.97. The summed E-state index contributed by atoms with van der Waals surface area (Å²) in [7, 11) is 1.72. The molecule has 1 heterocycles. The fourth-order valence-electron chi connectivity index (χ4n) is 2.19. The van der Waals surface area contributed by atoms with Crippen molar-refractivity contribution in [3.8, 4) is 0 Å². The number of amides is 1. The molecule has 1 aromatic carbocycles. The van der Waals surface area contributed by atoms with Crippen LogP contribution in [0.25, 0.3) is 0 Å². The Morgan fingerprint density at radius 2 is 1.79 bits per heavy atom. The normalized spacial score (nSPS) is 14.3. The van der Waals surface area contributed by atoms with Crippen LogP contribution >= 0.6 is 0 Å². The van der Waals surface area contributed by atoms with Crippen molar-refractivity contribution in [1.29, 1.82) is 0 Å². The fourth-order valence-corrected chi connectivity index (χ4v) is 2.19. The molecule has 6 nitrogen and oxygen atoms in total. The second-order valence-electron chi connectivity index (χ2n) is 6.58. The zero-order valence-corrected chi connectivity index (χ0v) is 18.3. The molecule has 1 fully saturated rings. The average molecular weight is 398 g/mol. The van der Waals surface area contributed by atoms with Gasteiger partial charge in [-0.05, 0) is 25.7 Å². The number of ether oxygens (including phenoxy) is 1. The number of carbonyl (C=O) groups is 2. The highest BCUT2D eigenvalue weighted by molar-refractivity contribution is 5.68. The van der Waals surface area contributed by atoms with Gasteiger partial charge in [-0.2, -0.15) is 0 Å². The maximum atomic E-state index is 10.5. The lowest BCUT2D eigenvalue weighted by molar-refractivity contribution is -0.116. The lowest BCUT2D eigenvalue weighted by atomic mass is 9.89. The summed E-state index contributed by atoms with van der Waals surface area (Å²) in [6.07, 6.45) is 1.04. The number of hydrogen-bond acceptors (Lipinski definition) is 5. The molecule has 0 aliphatic carbocycles. The summed E-state index contributed by atoms with van der Waals surface area (Å²) in [5.41, 5.74) is 1.32. The van der Waals surface area contributed by atoms with E-state index in [1.807, 2.05) is 45.9 Å². The molecule has 2 atom stereocenters. The van der Waals surface area contributed by atoms with Crippen molar-refractivity contribution in [3.63, 3.8) is 0 Å². The fraction of sp³-hybridized carbons (Fsp3) is 0.636. The Bertz CT molecular complexity index is 493. The molecule has 0 saturated carbocycles. The van der Waals surface area contributed by atoms with Crippen molar-refractivity contribution in [1.82, 2.24) is 4.90 Å². The molecule has 1 aromatic rings. The second-order valence-corrected chi connectivity index (χ2v) is 6.58. The first-order valence-corrected chi connectivity index (χ1v) is 9.97. The van der Waals surface area contributed by atoms with Crippen LogP contribution in [0.2, 0.25) is 0 Å². The van der Waals surface area contributed by atoms with E-state index in [2.05, 4.69) is 23.8 Å². The number of aliphatic hydroxyl groups is 2. The SMILES string of the molecule is CC.CC(C)C(C=O)C(O)CCCO.CN1CCOC1=O.Cc1ccccc1. The molecule has 0 radical (unpaired) electrons. The Morgan fingerprint density at radius 3 is 2.04 bits per heavy atom. The van der Waals surface area contributed by atoms with E-state index in [0.717, 1.165) is 12.8 Å². The number of likely N-dealkylation sites (N-methyl/N-ethyl adjacent to an activating group) is 1. The predicted octanol–water partition coefficient (Wildman–Crippen LogP) is 3.68. The highest BCUT2D eigenvalue weighted by atomic mass is 16.6. The zero-order chi connectivity index (χ0) is 21.9. The third-order valence-electron chi connectivity index (χ3n) is 3.93. The van der Waals surface area contributed by atoms with E-state index in [-0.39, 0.29) is 24.5 Å². The van der Waals surface area contributed by atoms with Gasteiger partial charge >= 0.3 is 6.09 Å². The summed E-state index contributed by atoms with van der Waals surface area (Å²) in [5.74, 6) is -0.132. The standard InChI is InChI=1S/C9H18O3.C7H8.C4H7NO2.C2H6/c1-7(2)8(6-11)9(12)4-3-5-10;1-7-5-3-2-4-6-7;1-5-2-3-7-4(5)6;1-2/h6-10,12H,3-5H2,1-2H3;2-6H,1H3;2-3H2,1H3;1-2H3. The number of hydrogen-bond donors (Lipinski definition) is 2. The quantitative estimate of drug-likeness (QED) is 0.715. The average Bonchev–Trinajstić information content (AvgIpc) is 3.06. The van der Waals surface area contributed by atoms with Gasteiger partial charge < -0.3 is 24.6 Å². The minimum atomic E-state index is -0.602. The molecule has 2 N–H and O–H groups in total. The Kier molecular flexibility index (Phi) is 18.6. The molecule has 1 amide bonds. The Hall–Kier alpha value is -1.92. The number of benzene rings is 1. The lowest BCUT2D eigenvalue weighted by Crippen LogP contribution is -2.26. The van der Waals surface area contributed by atoms with E-state index >= 15 is 0 Å². The third kappa shape index (κ3) is 14.2. The molecule has 0 aromatic heterocycles. The van der Waals surface area contributed by atoms with Gasteiger partial charge in [0.05, 0.1) is 12.6 Å². The highest BCUT2D eigenvalue weighted by Crippen LogP contribution is 2.16.